The highest BCUT2D eigenvalue weighted by Gasteiger charge is 2.21. The molecule has 0 radical (unpaired) electrons. The molecule has 0 bridgehead atoms. The van der Waals surface area contributed by atoms with Gasteiger partial charge in [0, 0.05) is 43.1 Å². The van der Waals surface area contributed by atoms with Crippen LogP contribution in [-0.2, 0) is 0 Å². The largest absolute Gasteiger partial charge is 0.308 e. The molecule has 0 fully saturated rings. The summed E-state index contributed by atoms with van der Waals surface area (Å²) in [4.78, 5) is 0. The van der Waals surface area contributed by atoms with E-state index in [2.05, 4.69) is 154 Å². The van der Waals surface area contributed by atoms with E-state index in [9.17, 15) is 0 Å². The van der Waals surface area contributed by atoms with Crippen molar-refractivity contribution in [1.29, 1.82) is 0 Å². The van der Waals surface area contributed by atoms with Gasteiger partial charge in [-0.1, -0.05) is 115 Å². The molecular formula is C42H24N2. The van der Waals surface area contributed by atoms with Gasteiger partial charge in [0.25, 0.3) is 0 Å². The second-order valence-electron chi connectivity index (χ2n) is 12.1. The maximum absolute atomic E-state index is 2.49. The van der Waals surface area contributed by atoms with Gasteiger partial charge >= 0.3 is 0 Å². The Morgan fingerprint density at radius 1 is 0.295 bits per heavy atom. The third kappa shape index (κ3) is 2.68. The molecule has 0 spiro atoms. The van der Waals surface area contributed by atoms with Crippen LogP contribution in [0.3, 0.4) is 0 Å². The fourth-order valence-electron chi connectivity index (χ4n) is 8.18. The Hall–Kier alpha value is -5.86. The van der Waals surface area contributed by atoms with Crippen LogP contribution in [0, 0.1) is 0 Å². The summed E-state index contributed by atoms with van der Waals surface area (Å²) in [5.41, 5.74) is 12.7. The first kappa shape index (κ1) is 22.7. The monoisotopic (exact) mass is 556 g/mol. The Labute approximate surface area is 252 Å². The van der Waals surface area contributed by atoms with Gasteiger partial charge in [0.1, 0.15) is 0 Å². The third-order valence-electron chi connectivity index (χ3n) is 9.98. The number of aromatic nitrogens is 2. The Bertz CT molecular complexity index is 2920. The van der Waals surface area contributed by atoms with E-state index >= 15 is 0 Å². The van der Waals surface area contributed by atoms with Crippen LogP contribution in [0.1, 0.15) is 0 Å². The molecule has 0 aliphatic rings. The van der Waals surface area contributed by atoms with Gasteiger partial charge < -0.3 is 8.80 Å². The molecule has 11 rings (SSSR count). The lowest BCUT2D eigenvalue weighted by Gasteiger charge is -2.08. The molecule has 4 aromatic heterocycles. The quantitative estimate of drug-likeness (QED) is 0.200. The van der Waals surface area contributed by atoms with E-state index in [1.807, 2.05) is 0 Å². The minimum atomic E-state index is 1.25. The SMILES string of the molecule is c1ccc(-c2ccc3c(c2)c2cccc4c5c(-c6ccc7c8cccc9c%10ccccc%10n(c7c6)c98)cccc5n3c24)cc1. The first-order valence-corrected chi connectivity index (χ1v) is 15.3. The molecule has 2 nitrogen and oxygen atoms in total. The molecule has 0 saturated heterocycles. The smallest absolute Gasteiger partial charge is 0.0620 e. The molecule has 0 amide bonds. The minimum Gasteiger partial charge on any atom is -0.308 e. The van der Waals surface area contributed by atoms with Crippen LogP contribution < -0.4 is 0 Å². The summed E-state index contributed by atoms with van der Waals surface area (Å²) in [5, 5.41) is 10.5. The zero-order chi connectivity index (χ0) is 28.5. The second kappa shape index (κ2) is 7.94. The minimum absolute atomic E-state index is 1.25. The lowest BCUT2D eigenvalue weighted by atomic mass is 9.97. The van der Waals surface area contributed by atoms with Gasteiger partial charge in [0.05, 0.1) is 33.1 Å². The normalized spacial score (nSPS) is 12.5. The predicted molar refractivity (Wildman–Crippen MR) is 187 cm³/mol. The van der Waals surface area contributed by atoms with Crippen molar-refractivity contribution in [2.24, 2.45) is 0 Å². The fraction of sp³-hybridized carbons (Fsp3) is 0. The molecular weight excluding hydrogens is 532 g/mol. The van der Waals surface area contributed by atoms with E-state index in [0.29, 0.717) is 0 Å². The van der Waals surface area contributed by atoms with Crippen molar-refractivity contribution in [3.05, 3.63) is 146 Å². The molecule has 11 aromatic rings. The molecule has 4 heterocycles. The summed E-state index contributed by atoms with van der Waals surface area (Å²) in [6, 6.07) is 53.8. The van der Waals surface area contributed by atoms with Crippen molar-refractivity contribution in [2.45, 2.75) is 0 Å². The second-order valence-corrected chi connectivity index (χ2v) is 12.1. The van der Waals surface area contributed by atoms with Gasteiger partial charge in [-0.3, -0.25) is 0 Å². The zero-order valence-corrected chi connectivity index (χ0v) is 23.8. The lowest BCUT2D eigenvalue weighted by Crippen LogP contribution is -1.85. The van der Waals surface area contributed by atoms with E-state index in [1.165, 1.54) is 98.4 Å². The van der Waals surface area contributed by atoms with Crippen LogP contribution in [0.25, 0.3) is 98.4 Å². The standard InChI is InChI=1S/C42H24N2/c1-2-9-25(10-3-1)26-20-22-37-35(23-26)33-15-7-16-34-40-28(12-8-18-38(40)43(37)42(33)34)27-19-21-30-32-14-6-13-31-29-11-4-5-17-36(29)44(41(31)32)39(30)24-27/h1-24H. The molecule has 0 unspecified atom stereocenters. The number of rotatable bonds is 2. The van der Waals surface area contributed by atoms with E-state index in [4.69, 9.17) is 0 Å². The molecule has 0 aliphatic heterocycles. The molecule has 0 saturated carbocycles. The van der Waals surface area contributed by atoms with Crippen LogP contribution in [0.5, 0.6) is 0 Å². The average Bonchev–Trinajstić information content (AvgIpc) is 3.81. The Morgan fingerprint density at radius 3 is 1.75 bits per heavy atom. The highest BCUT2D eigenvalue weighted by Crippen LogP contribution is 2.45. The Kier molecular flexibility index (Phi) is 4.10. The number of nitrogens with zero attached hydrogens (tertiary/aromatic N) is 2. The topological polar surface area (TPSA) is 8.82 Å². The summed E-state index contributed by atoms with van der Waals surface area (Å²) in [5.74, 6) is 0. The predicted octanol–water partition coefficient (Wildman–Crippen LogP) is 11.3. The van der Waals surface area contributed by atoms with E-state index in [-0.39, 0.29) is 0 Å². The highest BCUT2D eigenvalue weighted by molar-refractivity contribution is 6.27. The van der Waals surface area contributed by atoms with E-state index < -0.39 is 0 Å². The van der Waals surface area contributed by atoms with E-state index in [0.717, 1.165) is 0 Å². The Morgan fingerprint density at radius 2 is 0.886 bits per heavy atom. The molecule has 2 heteroatoms. The number of fused-ring (bicyclic) bond motifs is 12. The van der Waals surface area contributed by atoms with Crippen LogP contribution in [0.4, 0.5) is 0 Å². The van der Waals surface area contributed by atoms with Crippen LogP contribution in [0.2, 0.25) is 0 Å². The highest BCUT2D eigenvalue weighted by atomic mass is 14.9. The number of benzene rings is 7. The molecule has 0 N–H and O–H groups in total. The van der Waals surface area contributed by atoms with Crippen LogP contribution in [0.15, 0.2) is 146 Å². The Balaban J connectivity index is 1.22. The van der Waals surface area contributed by atoms with Crippen LogP contribution in [-0.4, -0.2) is 8.80 Å². The van der Waals surface area contributed by atoms with Crippen molar-refractivity contribution < 1.29 is 0 Å². The molecule has 0 aliphatic carbocycles. The van der Waals surface area contributed by atoms with E-state index in [1.54, 1.807) is 0 Å². The van der Waals surface area contributed by atoms with Gasteiger partial charge in [0.2, 0.25) is 0 Å². The van der Waals surface area contributed by atoms with Gasteiger partial charge in [-0.25, -0.2) is 0 Å². The summed E-state index contributed by atoms with van der Waals surface area (Å²) in [7, 11) is 0. The summed E-state index contributed by atoms with van der Waals surface area (Å²) in [6.45, 7) is 0. The van der Waals surface area contributed by atoms with Crippen molar-refractivity contribution >= 4 is 76.2 Å². The van der Waals surface area contributed by atoms with Gasteiger partial charge in [-0.2, -0.15) is 0 Å². The van der Waals surface area contributed by atoms with Crippen LogP contribution >= 0.6 is 0 Å². The molecule has 202 valence electrons. The van der Waals surface area contributed by atoms with Gasteiger partial charge in [-0.15, -0.1) is 0 Å². The molecule has 0 atom stereocenters. The number of hydrogen-bond acceptors (Lipinski definition) is 0. The summed E-state index contributed by atoms with van der Waals surface area (Å²) in [6.07, 6.45) is 0. The number of hydrogen-bond donors (Lipinski definition) is 0. The first-order valence-electron chi connectivity index (χ1n) is 15.3. The maximum Gasteiger partial charge on any atom is 0.0620 e. The van der Waals surface area contributed by atoms with Crippen molar-refractivity contribution in [3.63, 3.8) is 0 Å². The first-order chi connectivity index (χ1) is 21.8. The molecule has 44 heavy (non-hydrogen) atoms. The lowest BCUT2D eigenvalue weighted by molar-refractivity contribution is 1.37. The van der Waals surface area contributed by atoms with Gasteiger partial charge in [0.15, 0.2) is 0 Å². The zero-order valence-electron chi connectivity index (χ0n) is 23.8. The van der Waals surface area contributed by atoms with Crippen molar-refractivity contribution in [2.75, 3.05) is 0 Å². The number of para-hydroxylation sites is 3. The van der Waals surface area contributed by atoms with Gasteiger partial charge in [-0.05, 0) is 52.6 Å². The maximum atomic E-state index is 2.49. The fourth-order valence-corrected chi connectivity index (χ4v) is 8.18. The average molecular weight is 557 g/mol. The van der Waals surface area contributed by atoms with Crippen molar-refractivity contribution in [1.82, 2.24) is 8.80 Å². The van der Waals surface area contributed by atoms with Crippen molar-refractivity contribution in [3.8, 4) is 22.3 Å². The summed E-state index contributed by atoms with van der Waals surface area (Å²) < 4.78 is 4.96. The summed E-state index contributed by atoms with van der Waals surface area (Å²) >= 11 is 0. The molecule has 7 aromatic carbocycles. The third-order valence-corrected chi connectivity index (χ3v) is 9.98.